The highest BCUT2D eigenvalue weighted by molar-refractivity contribution is 7.93. The van der Waals surface area contributed by atoms with Crippen LogP contribution in [0.4, 0.5) is 10.8 Å². The summed E-state index contributed by atoms with van der Waals surface area (Å²) in [5.74, 6) is 0. The van der Waals surface area contributed by atoms with Crippen LogP contribution in [0, 0.1) is 5.41 Å². The number of aromatic nitrogens is 1. The van der Waals surface area contributed by atoms with E-state index in [-0.39, 0.29) is 6.32 Å². The van der Waals surface area contributed by atoms with E-state index in [1.165, 1.54) is 48.1 Å². The topological polar surface area (TPSA) is 62.3 Å². The fourth-order valence-electron chi connectivity index (χ4n) is 4.65. The van der Waals surface area contributed by atoms with Crippen molar-refractivity contribution in [2.75, 3.05) is 22.7 Å². The summed E-state index contributed by atoms with van der Waals surface area (Å²) in [7, 11) is -3.60. The first-order valence-corrected chi connectivity index (χ1v) is 12.2. The normalized spacial score (nSPS) is 18.0. The smallest absolute Gasteiger partial charge is 0.263 e. The Hall–Kier alpha value is -2.38. The van der Waals surface area contributed by atoms with Gasteiger partial charge in [-0.1, -0.05) is 24.3 Å². The van der Waals surface area contributed by atoms with E-state index in [1.54, 1.807) is 23.7 Å². The van der Waals surface area contributed by atoms with E-state index in [0.717, 1.165) is 18.8 Å². The Labute approximate surface area is 177 Å². The van der Waals surface area contributed by atoms with Crippen LogP contribution in [0.15, 0.2) is 65.0 Å². The predicted octanol–water partition coefficient (Wildman–Crippen LogP) is 4.58. The molecule has 1 fully saturated rings. The zero-order valence-electron chi connectivity index (χ0n) is 16.0. The third-order valence-electron chi connectivity index (χ3n) is 6.24. The zero-order chi connectivity index (χ0) is 19.9. The Morgan fingerprint density at radius 3 is 2.24 bits per heavy atom. The van der Waals surface area contributed by atoms with Crippen LogP contribution in [0.2, 0.25) is 0 Å². The predicted molar refractivity (Wildman–Crippen MR) is 119 cm³/mol. The van der Waals surface area contributed by atoms with Crippen molar-refractivity contribution in [3.05, 3.63) is 71.2 Å². The van der Waals surface area contributed by atoms with E-state index in [0.29, 0.717) is 10.5 Å². The van der Waals surface area contributed by atoms with Crippen molar-refractivity contribution in [3.8, 4) is 0 Å². The number of rotatable bonds is 4. The van der Waals surface area contributed by atoms with Gasteiger partial charge in [-0.3, -0.25) is 4.72 Å². The van der Waals surface area contributed by atoms with Gasteiger partial charge < -0.3 is 4.90 Å². The standard InChI is InChI=1S/C22H23N3O2S2.H2/c26-29(27,24-21-23-11-14-28-21)20-7-5-19(6-8-20)25-12-9-22(10-13-25)15-17-3-1-2-4-18(17)16-22;/h1-8,11,14H,9-10,12-13,15-16H2,(H,23,24);1H. The number of fused-ring (bicyclic) bond motifs is 1. The molecule has 0 unspecified atom stereocenters. The average molecular weight is 428 g/mol. The molecular weight excluding hydrogens is 402 g/mol. The maximum absolute atomic E-state index is 12.5. The summed E-state index contributed by atoms with van der Waals surface area (Å²) in [4.78, 5) is 6.62. The van der Waals surface area contributed by atoms with E-state index < -0.39 is 10.0 Å². The molecule has 152 valence electrons. The van der Waals surface area contributed by atoms with Gasteiger partial charge >= 0.3 is 0 Å². The first kappa shape index (κ1) is 18.6. The van der Waals surface area contributed by atoms with Crippen LogP contribution in [-0.2, 0) is 22.9 Å². The summed E-state index contributed by atoms with van der Waals surface area (Å²) in [6.45, 7) is 2.02. The van der Waals surface area contributed by atoms with Crippen molar-refractivity contribution in [2.45, 2.75) is 30.6 Å². The number of thiazole rings is 1. The molecule has 5 rings (SSSR count). The molecule has 1 saturated heterocycles. The number of anilines is 2. The fourth-order valence-corrected chi connectivity index (χ4v) is 6.44. The van der Waals surface area contributed by atoms with Gasteiger partial charge in [0.1, 0.15) is 0 Å². The molecule has 7 heteroatoms. The van der Waals surface area contributed by atoms with Gasteiger partial charge in [0, 0.05) is 31.8 Å². The molecule has 0 radical (unpaired) electrons. The molecule has 1 aliphatic carbocycles. The molecule has 1 spiro atoms. The minimum absolute atomic E-state index is 0. The summed E-state index contributed by atoms with van der Waals surface area (Å²) < 4.78 is 27.5. The zero-order valence-corrected chi connectivity index (χ0v) is 17.7. The van der Waals surface area contributed by atoms with E-state index in [1.807, 2.05) is 12.1 Å². The summed E-state index contributed by atoms with van der Waals surface area (Å²) >= 11 is 1.27. The van der Waals surface area contributed by atoms with Gasteiger partial charge in [-0.2, -0.15) is 0 Å². The molecule has 0 atom stereocenters. The van der Waals surface area contributed by atoms with Crippen LogP contribution in [-0.4, -0.2) is 26.5 Å². The van der Waals surface area contributed by atoms with E-state index >= 15 is 0 Å². The summed E-state index contributed by atoms with van der Waals surface area (Å²) in [6.07, 6.45) is 6.31. The number of nitrogens with one attached hydrogen (secondary N) is 1. The van der Waals surface area contributed by atoms with Gasteiger partial charge in [0.2, 0.25) is 0 Å². The SMILES string of the molecule is O=S(=O)(Nc1nccs1)c1ccc(N2CCC3(CC2)Cc2ccccc2C3)cc1.[HH]. The Kier molecular flexibility index (Phi) is 4.59. The maximum atomic E-state index is 12.5. The molecule has 2 aromatic carbocycles. The van der Waals surface area contributed by atoms with Crippen LogP contribution in [0.5, 0.6) is 0 Å². The van der Waals surface area contributed by atoms with Crippen molar-refractivity contribution in [2.24, 2.45) is 5.41 Å². The molecule has 1 N–H and O–H groups in total. The van der Waals surface area contributed by atoms with Crippen molar-refractivity contribution in [1.82, 2.24) is 4.98 Å². The number of sulfonamides is 1. The molecule has 0 bridgehead atoms. The molecule has 5 nitrogen and oxygen atoms in total. The molecule has 0 saturated carbocycles. The van der Waals surface area contributed by atoms with Gasteiger partial charge in [-0.15, -0.1) is 11.3 Å². The van der Waals surface area contributed by atoms with Crippen LogP contribution in [0.3, 0.4) is 0 Å². The highest BCUT2D eigenvalue weighted by Crippen LogP contribution is 2.45. The highest BCUT2D eigenvalue weighted by Gasteiger charge is 2.39. The third-order valence-corrected chi connectivity index (χ3v) is 8.41. The van der Waals surface area contributed by atoms with Crippen LogP contribution >= 0.6 is 11.3 Å². The molecule has 1 aliphatic heterocycles. The lowest BCUT2D eigenvalue weighted by Crippen LogP contribution is -2.40. The maximum Gasteiger partial charge on any atom is 0.263 e. The monoisotopic (exact) mass is 427 g/mol. The summed E-state index contributed by atoms with van der Waals surface area (Å²) in [6, 6.07) is 16.0. The number of hydrogen-bond acceptors (Lipinski definition) is 5. The van der Waals surface area contributed by atoms with E-state index in [4.69, 9.17) is 0 Å². The molecule has 29 heavy (non-hydrogen) atoms. The highest BCUT2D eigenvalue weighted by atomic mass is 32.2. The van der Waals surface area contributed by atoms with Gasteiger partial charge in [0.25, 0.3) is 10.0 Å². The molecule has 0 amide bonds. The van der Waals surface area contributed by atoms with Gasteiger partial charge in [-0.25, -0.2) is 13.4 Å². The van der Waals surface area contributed by atoms with Crippen LogP contribution < -0.4 is 9.62 Å². The minimum Gasteiger partial charge on any atom is -0.371 e. The van der Waals surface area contributed by atoms with Gasteiger partial charge in [0.05, 0.1) is 4.90 Å². The Balaban J connectivity index is 0.00000218. The Bertz CT molecular complexity index is 1080. The Morgan fingerprint density at radius 2 is 1.66 bits per heavy atom. The minimum atomic E-state index is -3.60. The number of hydrogen-bond donors (Lipinski definition) is 1. The summed E-state index contributed by atoms with van der Waals surface area (Å²) in [5, 5.41) is 2.13. The molecular formula is C22H25N3O2S2. The lowest BCUT2D eigenvalue weighted by Gasteiger charge is -2.40. The quantitative estimate of drug-likeness (QED) is 0.662. The first-order chi connectivity index (χ1) is 14.0. The second-order valence-corrected chi connectivity index (χ2v) is 10.6. The molecule has 3 aromatic rings. The van der Waals surface area contributed by atoms with Gasteiger partial charge in [0.15, 0.2) is 5.13 Å². The second-order valence-electron chi connectivity index (χ2n) is 8.05. The van der Waals surface area contributed by atoms with Crippen molar-refractivity contribution < 1.29 is 9.84 Å². The fraction of sp³-hybridized carbons (Fsp3) is 0.318. The third kappa shape index (κ3) is 3.65. The first-order valence-electron chi connectivity index (χ1n) is 9.87. The lowest BCUT2D eigenvalue weighted by molar-refractivity contribution is 0.233. The van der Waals surface area contributed by atoms with Crippen LogP contribution in [0.1, 0.15) is 25.4 Å². The summed E-state index contributed by atoms with van der Waals surface area (Å²) in [5.41, 5.74) is 4.52. The van der Waals surface area contributed by atoms with Gasteiger partial charge in [-0.05, 0) is 66.5 Å². The van der Waals surface area contributed by atoms with E-state index in [9.17, 15) is 8.42 Å². The molecule has 2 aliphatic rings. The van der Waals surface area contributed by atoms with Crippen molar-refractivity contribution >= 4 is 32.2 Å². The number of piperidine rings is 1. The number of benzene rings is 2. The molecule has 1 aromatic heterocycles. The van der Waals surface area contributed by atoms with E-state index in [2.05, 4.69) is 38.9 Å². The lowest BCUT2D eigenvalue weighted by atomic mass is 9.76. The van der Waals surface area contributed by atoms with Crippen LogP contribution in [0.25, 0.3) is 0 Å². The molecule has 2 heterocycles. The van der Waals surface area contributed by atoms with Crippen molar-refractivity contribution in [1.29, 1.82) is 0 Å². The average Bonchev–Trinajstić information content (AvgIpc) is 3.35. The Morgan fingerprint density at radius 1 is 1.00 bits per heavy atom. The van der Waals surface area contributed by atoms with Crippen molar-refractivity contribution in [3.63, 3.8) is 0 Å². The second kappa shape index (κ2) is 7.15. The largest absolute Gasteiger partial charge is 0.371 e. The number of nitrogens with zero attached hydrogens (tertiary/aromatic N) is 2.